The van der Waals surface area contributed by atoms with Crippen LogP contribution in [0.25, 0.3) is 0 Å². The Kier molecular flexibility index (Phi) is 3.09. The van der Waals surface area contributed by atoms with Crippen LogP contribution in [0.3, 0.4) is 0 Å². The first-order valence-corrected chi connectivity index (χ1v) is 4.46. The van der Waals surface area contributed by atoms with Gasteiger partial charge in [-0.2, -0.15) is 13.2 Å². The van der Waals surface area contributed by atoms with Crippen LogP contribution in [0, 0.1) is 0 Å². The molecular weight excluding hydrogens is 294 g/mol. The number of halogens is 6. The first-order chi connectivity index (χ1) is 5.82. The van der Waals surface area contributed by atoms with Crippen molar-refractivity contribution >= 4 is 39.1 Å². The number of aromatic nitrogens is 1. The average molecular weight is 295 g/mol. The maximum absolute atomic E-state index is 12.1. The van der Waals surface area contributed by atoms with Gasteiger partial charge in [-0.25, -0.2) is 4.98 Å². The zero-order valence-corrected chi connectivity index (χ0v) is 8.89. The first kappa shape index (κ1) is 11.1. The van der Waals surface area contributed by atoms with E-state index in [4.69, 9.17) is 23.2 Å². The fourth-order valence-electron chi connectivity index (χ4n) is 0.614. The fraction of sp³-hybridized carbons (Fsp3) is 0.167. The van der Waals surface area contributed by atoms with Gasteiger partial charge in [0.05, 0.1) is 9.50 Å². The number of hydrogen-bond acceptors (Lipinski definition) is 1. The second-order valence-electron chi connectivity index (χ2n) is 2.09. The van der Waals surface area contributed by atoms with Crippen LogP contribution in [0.4, 0.5) is 13.2 Å². The topological polar surface area (TPSA) is 12.9 Å². The summed E-state index contributed by atoms with van der Waals surface area (Å²) in [7, 11) is 0. The summed E-state index contributed by atoms with van der Waals surface area (Å²) < 4.78 is 36.4. The molecule has 0 spiro atoms. The molecule has 1 heterocycles. The number of pyridine rings is 1. The Morgan fingerprint density at radius 3 is 2.23 bits per heavy atom. The zero-order chi connectivity index (χ0) is 10.2. The van der Waals surface area contributed by atoms with Crippen molar-refractivity contribution in [3.63, 3.8) is 0 Å². The maximum Gasteiger partial charge on any atom is 0.433 e. The molecule has 1 nitrogen and oxygen atoms in total. The third kappa shape index (κ3) is 2.48. The number of hydrogen-bond donors (Lipinski definition) is 0. The molecule has 0 saturated heterocycles. The molecule has 0 aliphatic rings. The molecule has 0 saturated carbocycles. The van der Waals surface area contributed by atoms with E-state index in [0.717, 1.165) is 0 Å². The number of alkyl halides is 3. The van der Waals surface area contributed by atoms with Gasteiger partial charge in [0, 0.05) is 0 Å². The van der Waals surface area contributed by atoms with Crippen LogP contribution >= 0.6 is 39.1 Å². The molecule has 7 heteroatoms. The van der Waals surface area contributed by atoms with Gasteiger partial charge in [0.1, 0.15) is 10.8 Å². The first-order valence-electron chi connectivity index (χ1n) is 2.91. The molecule has 0 aromatic carbocycles. The van der Waals surface area contributed by atoms with Gasteiger partial charge in [0.15, 0.2) is 0 Å². The van der Waals surface area contributed by atoms with Crippen molar-refractivity contribution in [2.45, 2.75) is 6.18 Å². The number of rotatable bonds is 0. The highest BCUT2D eigenvalue weighted by Crippen LogP contribution is 2.35. The average Bonchev–Trinajstić information content (AvgIpc) is 1.97. The molecule has 0 radical (unpaired) electrons. The van der Waals surface area contributed by atoms with Crippen LogP contribution in [0.1, 0.15) is 5.69 Å². The molecule has 0 atom stereocenters. The number of nitrogens with zero attached hydrogens (tertiary/aromatic N) is 1. The summed E-state index contributed by atoms with van der Waals surface area (Å²) in [6, 6.07) is 0.706. The third-order valence-corrected chi connectivity index (χ3v) is 2.99. The van der Waals surface area contributed by atoms with Gasteiger partial charge in [-0.05, 0) is 22.0 Å². The molecule has 0 bridgehead atoms. The van der Waals surface area contributed by atoms with Crippen molar-refractivity contribution in [3.05, 3.63) is 26.4 Å². The molecule has 0 aliphatic heterocycles. The zero-order valence-electron chi connectivity index (χ0n) is 5.79. The third-order valence-electron chi connectivity index (χ3n) is 1.16. The van der Waals surface area contributed by atoms with Crippen LogP contribution < -0.4 is 0 Å². The minimum absolute atomic E-state index is 0.118. The van der Waals surface area contributed by atoms with E-state index in [1.807, 2.05) is 0 Å². The standard InChI is InChI=1S/C6HBrCl2F3N/c7-4-2(8)1-3(6(10,11)12)13-5(4)9/h1H. The Bertz CT molecular complexity index is 316. The van der Waals surface area contributed by atoms with E-state index in [2.05, 4.69) is 20.9 Å². The monoisotopic (exact) mass is 293 g/mol. The largest absolute Gasteiger partial charge is 0.433 e. The Balaban J connectivity index is 3.29. The van der Waals surface area contributed by atoms with E-state index in [-0.39, 0.29) is 14.6 Å². The minimum Gasteiger partial charge on any atom is -0.230 e. The molecule has 0 N–H and O–H groups in total. The molecule has 1 aromatic heterocycles. The summed E-state index contributed by atoms with van der Waals surface area (Å²) in [6.45, 7) is 0. The highest BCUT2D eigenvalue weighted by Gasteiger charge is 2.33. The normalized spacial score (nSPS) is 11.8. The lowest BCUT2D eigenvalue weighted by Gasteiger charge is -2.07. The van der Waals surface area contributed by atoms with E-state index in [9.17, 15) is 13.2 Å². The van der Waals surface area contributed by atoms with Crippen molar-refractivity contribution in [2.24, 2.45) is 0 Å². The summed E-state index contributed by atoms with van der Waals surface area (Å²) in [5.41, 5.74) is -1.11. The van der Waals surface area contributed by atoms with Crippen LogP contribution in [0.2, 0.25) is 10.2 Å². The maximum atomic E-state index is 12.1. The van der Waals surface area contributed by atoms with Crippen molar-refractivity contribution in [1.82, 2.24) is 4.98 Å². The Labute approximate surface area is 90.0 Å². The second kappa shape index (κ2) is 3.63. The van der Waals surface area contributed by atoms with E-state index in [0.29, 0.717) is 6.07 Å². The molecule has 0 amide bonds. The van der Waals surface area contributed by atoms with Gasteiger partial charge < -0.3 is 0 Å². The van der Waals surface area contributed by atoms with Gasteiger partial charge in [-0.1, -0.05) is 23.2 Å². The Hall–Kier alpha value is -0.000000000000000167. The molecule has 0 unspecified atom stereocenters. The molecule has 72 valence electrons. The van der Waals surface area contributed by atoms with Crippen molar-refractivity contribution < 1.29 is 13.2 Å². The van der Waals surface area contributed by atoms with Gasteiger partial charge in [-0.15, -0.1) is 0 Å². The summed E-state index contributed by atoms with van der Waals surface area (Å²) >= 11 is 13.7. The van der Waals surface area contributed by atoms with Crippen LogP contribution in [-0.2, 0) is 6.18 Å². The summed E-state index contributed by atoms with van der Waals surface area (Å²) in [5, 5.41) is -0.424. The lowest BCUT2D eigenvalue weighted by atomic mass is 10.3. The van der Waals surface area contributed by atoms with E-state index in [1.54, 1.807) is 0 Å². The van der Waals surface area contributed by atoms with Crippen LogP contribution in [0.5, 0.6) is 0 Å². The lowest BCUT2D eigenvalue weighted by molar-refractivity contribution is -0.141. The van der Waals surface area contributed by atoms with Gasteiger partial charge in [-0.3, -0.25) is 0 Å². The quantitative estimate of drug-likeness (QED) is 0.655. The summed E-state index contributed by atoms with van der Waals surface area (Å²) in [5.74, 6) is 0. The lowest BCUT2D eigenvalue weighted by Crippen LogP contribution is -2.08. The highest BCUT2D eigenvalue weighted by molar-refractivity contribution is 9.10. The Morgan fingerprint density at radius 1 is 1.31 bits per heavy atom. The van der Waals surface area contributed by atoms with Crippen molar-refractivity contribution in [3.8, 4) is 0 Å². The fourth-order valence-corrected chi connectivity index (χ4v) is 1.25. The minimum atomic E-state index is -4.53. The molecule has 13 heavy (non-hydrogen) atoms. The Morgan fingerprint density at radius 2 is 1.85 bits per heavy atom. The molecule has 1 aromatic rings. The summed E-state index contributed by atoms with van der Waals surface area (Å²) in [4.78, 5) is 3.11. The van der Waals surface area contributed by atoms with Gasteiger partial charge >= 0.3 is 6.18 Å². The van der Waals surface area contributed by atoms with Gasteiger partial charge in [0.25, 0.3) is 0 Å². The van der Waals surface area contributed by atoms with Crippen LogP contribution in [-0.4, -0.2) is 4.98 Å². The molecule has 0 fully saturated rings. The summed E-state index contributed by atoms with van der Waals surface area (Å²) in [6.07, 6.45) is -4.53. The van der Waals surface area contributed by atoms with Crippen molar-refractivity contribution in [1.29, 1.82) is 0 Å². The van der Waals surface area contributed by atoms with Crippen LogP contribution in [0.15, 0.2) is 10.5 Å². The molecular formula is C6HBrCl2F3N. The SMILES string of the molecule is FC(F)(F)c1cc(Cl)c(Br)c(Cl)n1. The second-order valence-corrected chi connectivity index (χ2v) is 3.65. The molecule has 1 rings (SSSR count). The smallest absolute Gasteiger partial charge is 0.230 e. The highest BCUT2D eigenvalue weighted by atomic mass is 79.9. The van der Waals surface area contributed by atoms with E-state index < -0.39 is 11.9 Å². The molecule has 0 aliphatic carbocycles. The van der Waals surface area contributed by atoms with E-state index >= 15 is 0 Å². The predicted molar refractivity (Wildman–Crippen MR) is 47.0 cm³/mol. The van der Waals surface area contributed by atoms with Gasteiger partial charge in [0.2, 0.25) is 0 Å². The predicted octanol–water partition coefficient (Wildman–Crippen LogP) is 4.17. The van der Waals surface area contributed by atoms with E-state index in [1.165, 1.54) is 0 Å². The van der Waals surface area contributed by atoms with Crippen molar-refractivity contribution in [2.75, 3.05) is 0 Å².